The summed E-state index contributed by atoms with van der Waals surface area (Å²) in [6.07, 6.45) is 2.29. The van der Waals surface area contributed by atoms with Gasteiger partial charge in [-0.15, -0.1) is 0 Å². The van der Waals surface area contributed by atoms with E-state index in [4.69, 9.17) is 0 Å². The molecule has 3 rings (SSSR count). The van der Waals surface area contributed by atoms with E-state index >= 15 is 0 Å². The Bertz CT molecular complexity index is 550. The number of non-ortho nitro benzene ring substituents is 1. The molecule has 0 aliphatic heterocycles. The van der Waals surface area contributed by atoms with Gasteiger partial charge >= 0.3 is 0 Å². The van der Waals surface area contributed by atoms with Crippen molar-refractivity contribution in [3.63, 3.8) is 0 Å². The molecular weight excluding hydrogens is 278 g/mol. The highest BCUT2D eigenvalue weighted by molar-refractivity contribution is 5.56. The lowest BCUT2D eigenvalue weighted by atomic mass is 9.89. The van der Waals surface area contributed by atoms with Gasteiger partial charge in [0.2, 0.25) is 0 Å². The first-order valence-electron chi connectivity index (χ1n) is 7.35. The number of nitrogens with one attached hydrogen (secondary N) is 1. The van der Waals surface area contributed by atoms with Crippen molar-refractivity contribution >= 4 is 11.4 Å². The smallest absolute Gasteiger partial charge is 0.270 e. The van der Waals surface area contributed by atoms with Crippen LogP contribution in [-0.2, 0) is 0 Å². The number of anilines is 1. The van der Waals surface area contributed by atoms with Crippen LogP contribution in [0, 0.1) is 27.9 Å². The quantitative estimate of drug-likeness (QED) is 0.648. The fourth-order valence-corrected chi connectivity index (χ4v) is 3.87. The van der Waals surface area contributed by atoms with Crippen LogP contribution in [0.2, 0.25) is 0 Å². The third-order valence-corrected chi connectivity index (χ3v) is 4.92. The van der Waals surface area contributed by atoms with Crippen LogP contribution in [0.25, 0.3) is 0 Å². The Hall–Kier alpha value is -1.72. The molecule has 4 nitrogen and oxygen atoms in total. The molecule has 0 saturated heterocycles. The lowest BCUT2D eigenvalue weighted by Crippen LogP contribution is -2.20. The molecule has 3 atom stereocenters. The van der Waals surface area contributed by atoms with Gasteiger partial charge in [0, 0.05) is 29.9 Å². The van der Waals surface area contributed by atoms with E-state index in [1.165, 1.54) is 37.8 Å². The molecule has 2 aliphatic rings. The third kappa shape index (κ3) is 2.84. The Morgan fingerprint density at radius 1 is 1.33 bits per heavy atom. The molecule has 0 heterocycles. The summed E-state index contributed by atoms with van der Waals surface area (Å²) in [6.45, 7) is 0.679. The highest BCUT2D eigenvalue weighted by Gasteiger charge is 2.39. The Labute approximate surface area is 121 Å². The van der Waals surface area contributed by atoms with E-state index in [-0.39, 0.29) is 11.3 Å². The summed E-state index contributed by atoms with van der Waals surface area (Å²) in [7, 11) is 0. The van der Waals surface area contributed by atoms with Gasteiger partial charge in [-0.1, -0.05) is 6.42 Å². The average Bonchev–Trinajstić information content (AvgIpc) is 3.07. The van der Waals surface area contributed by atoms with Crippen molar-refractivity contribution in [2.24, 2.45) is 17.8 Å². The van der Waals surface area contributed by atoms with Gasteiger partial charge in [-0.05, 0) is 43.1 Å². The predicted octanol–water partition coefficient (Wildman–Crippen LogP) is 4.38. The molecule has 2 bridgehead atoms. The lowest BCUT2D eigenvalue weighted by Gasteiger charge is -2.23. The number of nitro groups is 1. The Morgan fingerprint density at radius 2 is 2.14 bits per heavy atom. The predicted molar refractivity (Wildman–Crippen MR) is 75.5 cm³/mol. The molecule has 1 N–H and O–H groups in total. The number of nitrogens with zero attached hydrogens (tertiary/aromatic N) is 1. The fourth-order valence-electron chi connectivity index (χ4n) is 3.87. The lowest BCUT2D eigenvalue weighted by molar-refractivity contribution is -0.385. The van der Waals surface area contributed by atoms with Crippen LogP contribution in [-0.4, -0.2) is 11.5 Å². The third-order valence-electron chi connectivity index (χ3n) is 4.92. The van der Waals surface area contributed by atoms with Crippen LogP contribution >= 0.6 is 0 Å². The maximum absolute atomic E-state index is 13.1. The van der Waals surface area contributed by atoms with E-state index in [2.05, 4.69) is 5.32 Å². The largest absolute Gasteiger partial charge is 0.384 e. The number of fused-ring (bicyclic) bond motifs is 2. The van der Waals surface area contributed by atoms with Crippen molar-refractivity contribution in [2.75, 3.05) is 11.9 Å². The van der Waals surface area contributed by atoms with Crippen molar-refractivity contribution in [3.05, 3.63) is 33.9 Å². The van der Waals surface area contributed by atoms with E-state index in [0.717, 1.165) is 17.9 Å². The summed E-state index contributed by atoms with van der Waals surface area (Å²) < 4.78 is 26.1. The number of nitro benzene ring substituents is 1. The number of hydrogen-bond acceptors (Lipinski definition) is 3. The standard InChI is InChI=1S/C15H18F2N2O2/c16-15(17)13-7-12(19(20)21)3-4-14(13)18-8-11-6-9-1-2-10(11)5-9/h3-4,7,9-11,15,18H,1-2,5-6,8H2. The molecule has 2 aliphatic carbocycles. The zero-order valence-corrected chi connectivity index (χ0v) is 11.6. The molecule has 2 saturated carbocycles. The van der Waals surface area contributed by atoms with Crippen LogP contribution in [0.4, 0.5) is 20.2 Å². The Kier molecular flexibility index (Phi) is 3.78. The van der Waals surface area contributed by atoms with Crippen LogP contribution in [0.3, 0.4) is 0 Å². The minimum atomic E-state index is -2.72. The minimum Gasteiger partial charge on any atom is -0.384 e. The monoisotopic (exact) mass is 296 g/mol. The van der Waals surface area contributed by atoms with Crippen molar-refractivity contribution in [1.29, 1.82) is 0 Å². The van der Waals surface area contributed by atoms with Crippen molar-refractivity contribution in [1.82, 2.24) is 0 Å². The maximum atomic E-state index is 13.1. The summed E-state index contributed by atoms with van der Waals surface area (Å²) in [5.41, 5.74) is -0.262. The van der Waals surface area contributed by atoms with Crippen LogP contribution in [0.5, 0.6) is 0 Å². The van der Waals surface area contributed by atoms with Crippen LogP contribution in [0.1, 0.15) is 37.7 Å². The van der Waals surface area contributed by atoms with E-state index in [1.54, 1.807) is 0 Å². The number of halogens is 2. The zero-order chi connectivity index (χ0) is 15.0. The van der Waals surface area contributed by atoms with Gasteiger partial charge in [-0.3, -0.25) is 10.1 Å². The molecule has 21 heavy (non-hydrogen) atoms. The summed E-state index contributed by atoms with van der Waals surface area (Å²) in [5.74, 6) is 2.08. The first-order valence-corrected chi connectivity index (χ1v) is 7.35. The normalized spacial score (nSPS) is 27.3. The van der Waals surface area contributed by atoms with E-state index in [0.29, 0.717) is 18.2 Å². The van der Waals surface area contributed by atoms with E-state index in [9.17, 15) is 18.9 Å². The molecule has 0 spiro atoms. The van der Waals surface area contributed by atoms with Crippen molar-refractivity contribution in [2.45, 2.75) is 32.1 Å². The topological polar surface area (TPSA) is 55.2 Å². The number of rotatable bonds is 5. The van der Waals surface area contributed by atoms with E-state index < -0.39 is 11.3 Å². The van der Waals surface area contributed by atoms with Gasteiger partial charge in [0.05, 0.1) is 4.92 Å². The first-order chi connectivity index (χ1) is 10.0. The van der Waals surface area contributed by atoms with Crippen molar-refractivity contribution < 1.29 is 13.7 Å². The molecule has 114 valence electrons. The first kappa shape index (κ1) is 14.2. The van der Waals surface area contributed by atoms with Gasteiger partial charge in [0.1, 0.15) is 0 Å². The maximum Gasteiger partial charge on any atom is 0.270 e. The van der Waals surface area contributed by atoms with Crippen LogP contribution in [0.15, 0.2) is 18.2 Å². The van der Waals surface area contributed by atoms with Gasteiger partial charge in [0.15, 0.2) is 0 Å². The zero-order valence-electron chi connectivity index (χ0n) is 11.6. The molecule has 6 heteroatoms. The summed E-state index contributed by atoms with van der Waals surface area (Å²) in [6, 6.07) is 3.63. The van der Waals surface area contributed by atoms with Crippen molar-refractivity contribution in [3.8, 4) is 0 Å². The molecule has 2 fully saturated rings. The second kappa shape index (κ2) is 5.58. The molecule has 1 aromatic rings. The molecule has 1 aromatic carbocycles. The SMILES string of the molecule is O=[N+]([O-])c1ccc(NCC2CC3CCC2C3)c(C(F)F)c1. The Morgan fingerprint density at radius 3 is 2.71 bits per heavy atom. The van der Waals surface area contributed by atoms with Gasteiger partial charge in [-0.2, -0.15) is 0 Å². The molecule has 0 radical (unpaired) electrons. The molecule has 0 aromatic heterocycles. The number of benzene rings is 1. The van der Waals surface area contributed by atoms with Gasteiger partial charge in [-0.25, -0.2) is 8.78 Å². The highest BCUT2D eigenvalue weighted by atomic mass is 19.3. The molecule has 0 amide bonds. The average molecular weight is 296 g/mol. The highest BCUT2D eigenvalue weighted by Crippen LogP contribution is 2.48. The minimum absolute atomic E-state index is 0.285. The summed E-state index contributed by atoms with van der Waals surface area (Å²) in [5, 5.41) is 13.8. The second-order valence-corrected chi connectivity index (χ2v) is 6.15. The molecule has 3 unspecified atom stereocenters. The number of hydrogen-bond donors (Lipinski definition) is 1. The fraction of sp³-hybridized carbons (Fsp3) is 0.600. The summed E-state index contributed by atoms with van der Waals surface area (Å²) in [4.78, 5) is 10.0. The van der Waals surface area contributed by atoms with Gasteiger partial charge in [0.25, 0.3) is 12.1 Å². The molecular formula is C15H18F2N2O2. The Balaban J connectivity index is 1.71. The van der Waals surface area contributed by atoms with Crippen LogP contribution < -0.4 is 5.32 Å². The second-order valence-electron chi connectivity index (χ2n) is 6.15. The van der Waals surface area contributed by atoms with Gasteiger partial charge < -0.3 is 5.32 Å². The summed E-state index contributed by atoms with van der Waals surface area (Å²) >= 11 is 0. The van der Waals surface area contributed by atoms with E-state index in [1.807, 2.05) is 0 Å². The number of alkyl halides is 2.